The first kappa shape index (κ1) is 15.5. The van der Waals surface area contributed by atoms with Crippen molar-refractivity contribution in [3.05, 3.63) is 84.4 Å². The lowest BCUT2D eigenvalue weighted by atomic mass is 9.87. The highest BCUT2D eigenvalue weighted by atomic mass is 16.5. The van der Waals surface area contributed by atoms with Crippen LogP contribution in [0.3, 0.4) is 0 Å². The molecule has 1 aliphatic heterocycles. The zero-order valence-electron chi connectivity index (χ0n) is 13.2. The lowest BCUT2D eigenvalue weighted by molar-refractivity contribution is -0.174. The third-order valence-corrected chi connectivity index (χ3v) is 4.23. The molecule has 1 amide bonds. The number of carbonyl (C=O) groups excluding carboxylic acids is 1. The first-order valence-electron chi connectivity index (χ1n) is 7.90. The predicted molar refractivity (Wildman–Crippen MR) is 90.7 cm³/mol. The van der Waals surface area contributed by atoms with E-state index in [1.54, 1.807) is 6.08 Å². The Labute approximate surface area is 137 Å². The zero-order valence-corrected chi connectivity index (χ0v) is 13.2. The number of hydrogen-bond acceptors (Lipinski definition) is 2. The fourth-order valence-corrected chi connectivity index (χ4v) is 3.08. The summed E-state index contributed by atoms with van der Waals surface area (Å²) in [6.07, 6.45) is 2.23. The molecule has 1 aliphatic rings. The van der Waals surface area contributed by atoms with Gasteiger partial charge in [-0.05, 0) is 11.1 Å². The average molecular weight is 307 g/mol. The zero-order chi connectivity index (χ0) is 16.1. The summed E-state index contributed by atoms with van der Waals surface area (Å²) in [5.74, 6) is 0.0127. The molecule has 1 heterocycles. The quantitative estimate of drug-likeness (QED) is 0.791. The Hall–Kier alpha value is -2.39. The van der Waals surface area contributed by atoms with E-state index in [1.165, 1.54) is 0 Å². The van der Waals surface area contributed by atoms with Crippen molar-refractivity contribution in [1.29, 1.82) is 0 Å². The van der Waals surface area contributed by atoms with E-state index >= 15 is 0 Å². The van der Waals surface area contributed by atoms with Gasteiger partial charge in [-0.3, -0.25) is 4.79 Å². The Bertz CT molecular complexity index is 669. The molecular weight excluding hydrogens is 286 g/mol. The minimum atomic E-state index is -0.948. The van der Waals surface area contributed by atoms with Gasteiger partial charge >= 0.3 is 0 Å². The van der Waals surface area contributed by atoms with Crippen LogP contribution in [0, 0.1) is 0 Å². The van der Waals surface area contributed by atoms with Crippen LogP contribution < -0.4 is 0 Å². The molecule has 3 heteroatoms. The summed E-state index contributed by atoms with van der Waals surface area (Å²) < 4.78 is 6.01. The van der Waals surface area contributed by atoms with Gasteiger partial charge in [0.2, 0.25) is 0 Å². The maximum Gasteiger partial charge on any atom is 0.260 e. The third kappa shape index (κ3) is 3.06. The van der Waals surface area contributed by atoms with Gasteiger partial charge < -0.3 is 9.64 Å². The summed E-state index contributed by atoms with van der Waals surface area (Å²) in [5.41, 5.74) is 1.07. The van der Waals surface area contributed by atoms with Crippen molar-refractivity contribution >= 4 is 5.91 Å². The molecule has 3 rings (SSSR count). The van der Waals surface area contributed by atoms with Crippen LogP contribution in [0.15, 0.2) is 73.3 Å². The van der Waals surface area contributed by atoms with E-state index in [2.05, 4.69) is 6.58 Å². The van der Waals surface area contributed by atoms with Crippen LogP contribution in [0.5, 0.6) is 0 Å². The number of nitrogens with zero attached hydrogens (tertiary/aromatic N) is 1. The molecular formula is C20H21NO2. The van der Waals surface area contributed by atoms with Crippen LogP contribution in [-0.4, -0.2) is 24.0 Å². The second-order valence-corrected chi connectivity index (χ2v) is 5.75. The molecule has 1 saturated heterocycles. The van der Waals surface area contributed by atoms with Gasteiger partial charge in [0.25, 0.3) is 5.91 Å². The first-order chi connectivity index (χ1) is 11.3. The smallest absolute Gasteiger partial charge is 0.260 e. The topological polar surface area (TPSA) is 29.5 Å². The fourth-order valence-electron chi connectivity index (χ4n) is 3.08. The van der Waals surface area contributed by atoms with Gasteiger partial charge in [-0.25, -0.2) is 0 Å². The van der Waals surface area contributed by atoms with Crippen molar-refractivity contribution in [2.75, 3.05) is 13.2 Å². The van der Waals surface area contributed by atoms with Gasteiger partial charge in [-0.15, -0.1) is 6.58 Å². The van der Waals surface area contributed by atoms with Gasteiger partial charge in [0.1, 0.15) is 0 Å². The maximum atomic E-state index is 13.2. The monoisotopic (exact) mass is 307 g/mol. The van der Waals surface area contributed by atoms with Gasteiger partial charge in [-0.2, -0.15) is 0 Å². The minimum absolute atomic E-state index is 0.0127. The van der Waals surface area contributed by atoms with Crippen LogP contribution in [0.1, 0.15) is 17.5 Å². The number of benzene rings is 2. The molecule has 118 valence electrons. The molecule has 1 fully saturated rings. The molecule has 23 heavy (non-hydrogen) atoms. The second kappa shape index (κ2) is 6.80. The molecule has 2 aromatic rings. The average Bonchev–Trinajstić information content (AvgIpc) is 2.60. The van der Waals surface area contributed by atoms with E-state index in [1.807, 2.05) is 65.6 Å². The van der Waals surface area contributed by atoms with Gasteiger partial charge in [0.05, 0.1) is 6.61 Å². The minimum Gasteiger partial charge on any atom is -0.358 e. The van der Waals surface area contributed by atoms with Crippen LogP contribution in [-0.2, 0) is 21.7 Å². The largest absolute Gasteiger partial charge is 0.358 e. The van der Waals surface area contributed by atoms with Gasteiger partial charge in [0, 0.05) is 19.5 Å². The van der Waals surface area contributed by atoms with Crippen molar-refractivity contribution < 1.29 is 9.53 Å². The second-order valence-electron chi connectivity index (χ2n) is 5.75. The molecule has 0 aliphatic carbocycles. The highest BCUT2D eigenvalue weighted by molar-refractivity contribution is 5.87. The summed E-state index contributed by atoms with van der Waals surface area (Å²) in [7, 11) is 0. The van der Waals surface area contributed by atoms with Crippen LogP contribution in [0.2, 0.25) is 0 Å². The number of ether oxygens (including phenoxy) is 1. The maximum absolute atomic E-state index is 13.2. The molecule has 0 aromatic heterocycles. The molecule has 1 unspecified atom stereocenters. The number of amides is 1. The number of hydrogen-bond donors (Lipinski definition) is 0. The number of rotatable bonds is 5. The van der Waals surface area contributed by atoms with Gasteiger partial charge in [-0.1, -0.05) is 66.7 Å². The predicted octanol–water partition coefficient (Wildman–Crippen LogP) is 3.52. The normalized spacial score (nSPS) is 21.2. The lowest BCUT2D eigenvalue weighted by Crippen LogP contribution is -2.54. The summed E-state index contributed by atoms with van der Waals surface area (Å²) in [6, 6.07) is 19.8. The highest BCUT2D eigenvalue weighted by Gasteiger charge is 2.45. The molecule has 0 spiro atoms. The Balaban J connectivity index is 1.91. The van der Waals surface area contributed by atoms with E-state index < -0.39 is 5.60 Å². The summed E-state index contributed by atoms with van der Waals surface area (Å²) in [5, 5.41) is 0. The highest BCUT2D eigenvalue weighted by Crippen LogP contribution is 2.35. The van der Waals surface area contributed by atoms with Gasteiger partial charge in [0.15, 0.2) is 5.60 Å². The van der Waals surface area contributed by atoms with Crippen molar-refractivity contribution in [1.82, 2.24) is 4.90 Å². The van der Waals surface area contributed by atoms with E-state index in [4.69, 9.17) is 4.74 Å². The lowest BCUT2D eigenvalue weighted by Gasteiger charge is -2.41. The Morgan fingerprint density at radius 1 is 1.09 bits per heavy atom. The summed E-state index contributed by atoms with van der Waals surface area (Å²) >= 11 is 0. The summed E-state index contributed by atoms with van der Waals surface area (Å²) in [6.45, 7) is 5.56. The molecule has 3 nitrogen and oxygen atoms in total. The molecule has 0 saturated carbocycles. The van der Waals surface area contributed by atoms with Crippen molar-refractivity contribution in [2.24, 2.45) is 0 Å². The standard InChI is InChI=1S/C20H21NO2/c1-2-13-20(18-11-7-4-8-12-18)19(22)21(14-15-23-20)16-17-9-5-3-6-10-17/h2-12H,1,13-16H2. The Morgan fingerprint density at radius 2 is 1.74 bits per heavy atom. The molecule has 0 bridgehead atoms. The van der Waals surface area contributed by atoms with Crippen molar-refractivity contribution in [3.63, 3.8) is 0 Å². The molecule has 0 radical (unpaired) electrons. The Kier molecular flexibility index (Phi) is 4.58. The van der Waals surface area contributed by atoms with Crippen LogP contribution in [0.4, 0.5) is 0 Å². The van der Waals surface area contributed by atoms with Crippen LogP contribution in [0.25, 0.3) is 0 Å². The van der Waals surface area contributed by atoms with Crippen LogP contribution >= 0.6 is 0 Å². The van der Waals surface area contributed by atoms with Crippen molar-refractivity contribution in [3.8, 4) is 0 Å². The SMILES string of the molecule is C=CCC1(c2ccccc2)OCCN(Cc2ccccc2)C1=O. The van der Waals surface area contributed by atoms with E-state index in [0.717, 1.165) is 11.1 Å². The van der Waals surface area contributed by atoms with E-state index in [9.17, 15) is 4.79 Å². The van der Waals surface area contributed by atoms with E-state index in [-0.39, 0.29) is 5.91 Å². The van der Waals surface area contributed by atoms with E-state index in [0.29, 0.717) is 26.1 Å². The van der Waals surface area contributed by atoms with Crippen molar-refractivity contribution in [2.45, 2.75) is 18.6 Å². The number of carbonyl (C=O) groups is 1. The molecule has 0 N–H and O–H groups in total. The first-order valence-corrected chi connectivity index (χ1v) is 7.90. The summed E-state index contributed by atoms with van der Waals surface area (Å²) in [4.78, 5) is 15.1. The Morgan fingerprint density at radius 3 is 2.39 bits per heavy atom. The molecule has 1 atom stereocenters. The third-order valence-electron chi connectivity index (χ3n) is 4.23. The number of morpholine rings is 1. The molecule has 2 aromatic carbocycles. The fraction of sp³-hybridized carbons (Fsp3) is 0.250.